The van der Waals surface area contributed by atoms with Crippen molar-refractivity contribution in [3.05, 3.63) is 23.4 Å². The molecule has 0 aliphatic heterocycles. The second-order valence-electron chi connectivity index (χ2n) is 5.54. The third kappa shape index (κ3) is 5.68. The molecule has 0 amide bonds. The van der Waals surface area contributed by atoms with Crippen LogP contribution in [0.2, 0.25) is 0 Å². The molecule has 0 aliphatic carbocycles. The highest BCUT2D eigenvalue weighted by atomic mass is 35.5. The molecule has 0 radical (unpaired) electrons. The zero-order chi connectivity index (χ0) is 15.0. The fourth-order valence-corrected chi connectivity index (χ4v) is 2.35. The van der Waals surface area contributed by atoms with Crippen LogP contribution < -0.4 is 4.90 Å². The lowest BCUT2D eigenvalue weighted by Gasteiger charge is -2.26. The Hall–Kier alpha value is -0.800. The van der Waals surface area contributed by atoms with Gasteiger partial charge in [0, 0.05) is 31.8 Å². The summed E-state index contributed by atoms with van der Waals surface area (Å²) in [5.74, 6) is 2.15. The second kappa shape index (κ2) is 9.19. The number of pyridine rings is 1. The zero-order valence-electron chi connectivity index (χ0n) is 13.2. The van der Waals surface area contributed by atoms with E-state index >= 15 is 0 Å². The molecule has 0 aromatic carbocycles. The molecule has 114 valence electrons. The molecule has 0 fully saturated rings. The van der Waals surface area contributed by atoms with Crippen molar-refractivity contribution >= 4 is 17.4 Å². The largest absolute Gasteiger partial charge is 0.383 e. The molecule has 0 N–H and O–H groups in total. The lowest BCUT2D eigenvalue weighted by atomic mass is 10.1. The third-order valence-corrected chi connectivity index (χ3v) is 3.37. The predicted octanol–water partition coefficient (Wildman–Crippen LogP) is 3.88. The Kier molecular flexibility index (Phi) is 7.93. The highest BCUT2D eigenvalue weighted by Gasteiger charge is 2.12. The first-order valence-electron chi connectivity index (χ1n) is 7.40. The standard InChI is InChI=1S/C16H27ClN2O/c1-5-6-15-9-14(11-17)10-16(18-15)19(7-8-20-4)12-13(2)3/h9-10,13H,5-8,11-12H2,1-4H3. The SMILES string of the molecule is CCCc1cc(CCl)cc(N(CCOC)CC(C)C)n1. The Bertz CT molecular complexity index is 396. The minimum atomic E-state index is 0.534. The van der Waals surface area contributed by atoms with Gasteiger partial charge in [0.2, 0.25) is 0 Å². The molecule has 0 aliphatic rings. The summed E-state index contributed by atoms with van der Waals surface area (Å²) in [4.78, 5) is 7.08. The molecule has 0 atom stereocenters. The molecule has 1 aromatic rings. The first kappa shape index (κ1) is 17.3. The van der Waals surface area contributed by atoms with E-state index in [2.05, 4.69) is 37.8 Å². The van der Waals surface area contributed by atoms with Crippen LogP contribution in [0.25, 0.3) is 0 Å². The van der Waals surface area contributed by atoms with Gasteiger partial charge < -0.3 is 9.64 Å². The summed E-state index contributed by atoms with van der Waals surface area (Å²) in [6.07, 6.45) is 2.10. The smallest absolute Gasteiger partial charge is 0.129 e. The number of halogens is 1. The quantitative estimate of drug-likeness (QED) is 0.647. The van der Waals surface area contributed by atoms with Crippen molar-refractivity contribution < 1.29 is 4.74 Å². The van der Waals surface area contributed by atoms with Crippen LogP contribution in [0.3, 0.4) is 0 Å². The van der Waals surface area contributed by atoms with Crippen molar-refractivity contribution in [1.82, 2.24) is 4.98 Å². The summed E-state index contributed by atoms with van der Waals surface area (Å²) in [6.45, 7) is 9.16. The monoisotopic (exact) mass is 298 g/mol. The van der Waals surface area contributed by atoms with E-state index in [1.165, 1.54) is 0 Å². The number of rotatable bonds is 9. The van der Waals surface area contributed by atoms with Gasteiger partial charge in [0.25, 0.3) is 0 Å². The van der Waals surface area contributed by atoms with Gasteiger partial charge in [0.15, 0.2) is 0 Å². The fourth-order valence-electron chi connectivity index (χ4n) is 2.20. The molecular formula is C16H27ClN2O. The molecule has 0 saturated carbocycles. The first-order chi connectivity index (χ1) is 9.60. The molecule has 1 rings (SSSR count). The topological polar surface area (TPSA) is 25.4 Å². The summed E-state index contributed by atoms with van der Waals surface area (Å²) in [6, 6.07) is 4.22. The van der Waals surface area contributed by atoms with Crippen LogP contribution in [0.1, 0.15) is 38.4 Å². The van der Waals surface area contributed by atoms with E-state index in [-0.39, 0.29) is 0 Å². The van der Waals surface area contributed by atoms with Crippen molar-refractivity contribution in [3.8, 4) is 0 Å². The maximum Gasteiger partial charge on any atom is 0.129 e. The minimum absolute atomic E-state index is 0.534. The number of aryl methyl sites for hydroxylation is 1. The molecule has 0 spiro atoms. The van der Waals surface area contributed by atoms with Crippen LogP contribution in [-0.2, 0) is 17.0 Å². The van der Waals surface area contributed by atoms with Crippen LogP contribution in [-0.4, -0.2) is 31.8 Å². The summed E-state index contributed by atoms with van der Waals surface area (Å²) >= 11 is 6.01. The van der Waals surface area contributed by atoms with E-state index in [0.717, 1.165) is 43.0 Å². The Morgan fingerprint density at radius 1 is 1.35 bits per heavy atom. The Labute approximate surface area is 128 Å². The zero-order valence-corrected chi connectivity index (χ0v) is 13.9. The van der Waals surface area contributed by atoms with Gasteiger partial charge in [-0.25, -0.2) is 4.98 Å². The lowest BCUT2D eigenvalue weighted by molar-refractivity contribution is 0.204. The predicted molar refractivity (Wildman–Crippen MR) is 86.7 cm³/mol. The summed E-state index contributed by atoms with van der Waals surface area (Å²) < 4.78 is 5.21. The van der Waals surface area contributed by atoms with Gasteiger partial charge >= 0.3 is 0 Å². The number of alkyl halides is 1. The van der Waals surface area contributed by atoms with Crippen LogP contribution in [0.5, 0.6) is 0 Å². The van der Waals surface area contributed by atoms with Crippen molar-refractivity contribution in [2.24, 2.45) is 5.92 Å². The third-order valence-electron chi connectivity index (χ3n) is 3.06. The number of ether oxygens (including phenoxy) is 1. The summed E-state index contributed by atoms with van der Waals surface area (Å²) in [7, 11) is 1.73. The molecule has 1 aromatic heterocycles. The maximum absolute atomic E-state index is 6.01. The second-order valence-corrected chi connectivity index (χ2v) is 5.81. The van der Waals surface area contributed by atoms with E-state index in [9.17, 15) is 0 Å². The number of anilines is 1. The molecule has 20 heavy (non-hydrogen) atoms. The van der Waals surface area contributed by atoms with Gasteiger partial charge in [-0.15, -0.1) is 11.6 Å². The van der Waals surface area contributed by atoms with Gasteiger partial charge in [-0.2, -0.15) is 0 Å². The van der Waals surface area contributed by atoms with Crippen LogP contribution in [0.4, 0.5) is 5.82 Å². The van der Waals surface area contributed by atoms with Crippen molar-refractivity contribution in [2.75, 3.05) is 31.7 Å². The number of hydrogen-bond donors (Lipinski definition) is 0. The van der Waals surface area contributed by atoms with Crippen molar-refractivity contribution in [2.45, 2.75) is 39.5 Å². The number of methoxy groups -OCH3 is 1. The van der Waals surface area contributed by atoms with Gasteiger partial charge in [-0.05, 0) is 30.0 Å². The number of hydrogen-bond acceptors (Lipinski definition) is 3. The highest BCUT2D eigenvalue weighted by molar-refractivity contribution is 6.17. The Balaban J connectivity index is 2.99. The number of nitrogens with zero attached hydrogens (tertiary/aromatic N) is 2. The molecule has 0 bridgehead atoms. The molecule has 4 heteroatoms. The van der Waals surface area contributed by atoms with E-state index in [4.69, 9.17) is 21.3 Å². The maximum atomic E-state index is 6.01. The van der Waals surface area contributed by atoms with Gasteiger partial charge in [0.05, 0.1) is 6.61 Å². The normalized spacial score (nSPS) is 11.1. The molecule has 0 saturated heterocycles. The average Bonchev–Trinajstić information content (AvgIpc) is 2.43. The Morgan fingerprint density at radius 2 is 2.10 bits per heavy atom. The minimum Gasteiger partial charge on any atom is -0.383 e. The Morgan fingerprint density at radius 3 is 2.65 bits per heavy atom. The fraction of sp³-hybridized carbons (Fsp3) is 0.688. The van der Waals surface area contributed by atoms with Crippen molar-refractivity contribution in [3.63, 3.8) is 0 Å². The van der Waals surface area contributed by atoms with Gasteiger partial charge in [0.1, 0.15) is 5.82 Å². The molecular weight excluding hydrogens is 272 g/mol. The molecule has 0 unspecified atom stereocenters. The highest BCUT2D eigenvalue weighted by Crippen LogP contribution is 2.19. The van der Waals surface area contributed by atoms with E-state index < -0.39 is 0 Å². The van der Waals surface area contributed by atoms with Gasteiger partial charge in [-0.3, -0.25) is 0 Å². The average molecular weight is 299 g/mol. The van der Waals surface area contributed by atoms with Crippen molar-refractivity contribution in [1.29, 1.82) is 0 Å². The number of aromatic nitrogens is 1. The lowest BCUT2D eigenvalue weighted by Crippen LogP contribution is -2.32. The summed E-state index contributed by atoms with van der Waals surface area (Å²) in [5, 5.41) is 0. The van der Waals surface area contributed by atoms with Gasteiger partial charge in [-0.1, -0.05) is 27.2 Å². The first-order valence-corrected chi connectivity index (χ1v) is 7.93. The van der Waals surface area contributed by atoms with E-state index in [1.807, 2.05) is 0 Å². The molecule has 1 heterocycles. The van der Waals surface area contributed by atoms with Crippen LogP contribution in [0.15, 0.2) is 12.1 Å². The van der Waals surface area contributed by atoms with Crippen LogP contribution >= 0.6 is 11.6 Å². The molecule has 3 nitrogen and oxygen atoms in total. The van der Waals surface area contributed by atoms with E-state index in [1.54, 1.807) is 7.11 Å². The van der Waals surface area contributed by atoms with E-state index in [0.29, 0.717) is 18.4 Å². The van der Waals surface area contributed by atoms with Crippen LogP contribution in [0, 0.1) is 5.92 Å². The summed E-state index contributed by atoms with van der Waals surface area (Å²) in [5.41, 5.74) is 2.28.